The van der Waals surface area contributed by atoms with Crippen LogP contribution in [0.5, 0.6) is 0 Å². The molecule has 5 nitrogen and oxygen atoms in total. The summed E-state index contributed by atoms with van der Waals surface area (Å²) in [4.78, 5) is 23.0. The van der Waals surface area contributed by atoms with Gasteiger partial charge in [-0.3, -0.25) is 4.79 Å². The minimum absolute atomic E-state index is 0.0915. The predicted molar refractivity (Wildman–Crippen MR) is 55.2 cm³/mol. The molecule has 3 fully saturated rings. The number of ether oxygens (including phenoxy) is 1. The molecule has 0 aromatic carbocycles. The van der Waals surface area contributed by atoms with Gasteiger partial charge in [0.1, 0.15) is 0 Å². The Morgan fingerprint density at radius 1 is 1.50 bits per heavy atom. The number of methoxy groups -OCH3 is 1. The summed E-state index contributed by atoms with van der Waals surface area (Å²) in [5.41, 5.74) is -0.0242. The van der Waals surface area contributed by atoms with Gasteiger partial charge in [0.25, 0.3) is 5.56 Å². The van der Waals surface area contributed by atoms with E-state index >= 15 is 0 Å². The molecule has 3 saturated carbocycles. The van der Waals surface area contributed by atoms with Crippen LogP contribution in [0.4, 0.5) is 0 Å². The Kier molecular flexibility index (Phi) is 1.75. The lowest BCUT2D eigenvalue weighted by Gasteiger charge is -2.61. The van der Waals surface area contributed by atoms with Gasteiger partial charge < -0.3 is 4.74 Å². The molecule has 0 amide bonds. The average Bonchev–Trinajstić information content (AvgIpc) is 2.15. The SMILES string of the molecule is COC(=O)c1ccc(=O)n(C23CC(C2)C3)n1. The third-order valence-corrected chi connectivity index (χ3v) is 3.65. The first-order valence-electron chi connectivity index (χ1n) is 5.34. The van der Waals surface area contributed by atoms with E-state index in [0.717, 1.165) is 25.2 Å². The molecule has 0 aliphatic heterocycles. The lowest BCUT2D eigenvalue weighted by atomic mass is 9.50. The van der Waals surface area contributed by atoms with E-state index in [1.807, 2.05) is 0 Å². The molecular formula is C11H12N2O3. The number of carbonyl (C=O) groups is 1. The average molecular weight is 220 g/mol. The van der Waals surface area contributed by atoms with Crippen molar-refractivity contribution in [2.24, 2.45) is 5.92 Å². The molecule has 2 bridgehead atoms. The summed E-state index contributed by atoms with van der Waals surface area (Å²) in [5, 5.41) is 4.10. The predicted octanol–water partition coefficient (Wildman–Crippen LogP) is 0.539. The second kappa shape index (κ2) is 2.93. The maximum Gasteiger partial charge on any atom is 0.358 e. The standard InChI is InChI=1S/C11H12N2O3/c1-16-10(15)8-2-3-9(14)13(12-8)11-4-7(5-11)6-11/h2-3,7H,4-6H2,1H3. The van der Waals surface area contributed by atoms with Crippen LogP contribution < -0.4 is 5.56 Å². The number of hydrogen-bond acceptors (Lipinski definition) is 4. The van der Waals surface area contributed by atoms with E-state index in [1.165, 1.54) is 23.9 Å². The third-order valence-electron chi connectivity index (χ3n) is 3.65. The summed E-state index contributed by atoms with van der Waals surface area (Å²) < 4.78 is 6.06. The summed E-state index contributed by atoms with van der Waals surface area (Å²) in [6.07, 6.45) is 3.06. The van der Waals surface area contributed by atoms with Crippen molar-refractivity contribution in [2.75, 3.05) is 7.11 Å². The van der Waals surface area contributed by atoms with Gasteiger partial charge in [0, 0.05) is 6.07 Å². The molecule has 5 heteroatoms. The van der Waals surface area contributed by atoms with Crippen LogP contribution in [0.3, 0.4) is 0 Å². The smallest absolute Gasteiger partial charge is 0.358 e. The Morgan fingerprint density at radius 3 is 2.69 bits per heavy atom. The van der Waals surface area contributed by atoms with E-state index in [4.69, 9.17) is 0 Å². The number of carbonyl (C=O) groups excluding carboxylic acids is 1. The van der Waals surface area contributed by atoms with Gasteiger partial charge in [-0.25, -0.2) is 9.48 Å². The van der Waals surface area contributed by atoms with Crippen LogP contribution in [0.15, 0.2) is 16.9 Å². The van der Waals surface area contributed by atoms with Crippen LogP contribution in [-0.4, -0.2) is 22.9 Å². The normalized spacial score (nSPS) is 30.2. The summed E-state index contributed by atoms with van der Waals surface area (Å²) in [5.74, 6) is 0.260. The highest BCUT2D eigenvalue weighted by Crippen LogP contribution is 2.61. The maximum absolute atomic E-state index is 11.7. The number of rotatable bonds is 2. The summed E-state index contributed by atoms with van der Waals surface area (Å²) in [7, 11) is 1.31. The van der Waals surface area contributed by atoms with E-state index in [-0.39, 0.29) is 16.8 Å². The van der Waals surface area contributed by atoms with E-state index < -0.39 is 5.97 Å². The van der Waals surface area contributed by atoms with Gasteiger partial charge in [0.15, 0.2) is 5.69 Å². The second-order valence-corrected chi connectivity index (χ2v) is 4.66. The quantitative estimate of drug-likeness (QED) is 0.682. The Bertz CT molecular complexity index is 503. The molecule has 0 radical (unpaired) electrons. The molecule has 3 aliphatic rings. The Balaban J connectivity index is 2.03. The molecule has 0 saturated heterocycles. The van der Waals surface area contributed by atoms with Gasteiger partial charge >= 0.3 is 5.97 Å². The lowest BCUT2D eigenvalue weighted by molar-refractivity contribution is -0.101. The van der Waals surface area contributed by atoms with E-state index in [1.54, 1.807) is 0 Å². The summed E-state index contributed by atoms with van der Waals surface area (Å²) in [6.45, 7) is 0. The van der Waals surface area contributed by atoms with E-state index in [9.17, 15) is 9.59 Å². The number of aromatic nitrogens is 2. The minimum Gasteiger partial charge on any atom is -0.464 e. The van der Waals surface area contributed by atoms with Crippen molar-refractivity contribution in [1.29, 1.82) is 0 Å². The largest absolute Gasteiger partial charge is 0.464 e. The Morgan fingerprint density at radius 2 is 2.19 bits per heavy atom. The van der Waals surface area contributed by atoms with Crippen molar-refractivity contribution in [3.8, 4) is 0 Å². The first kappa shape index (κ1) is 9.57. The summed E-state index contributed by atoms with van der Waals surface area (Å²) >= 11 is 0. The van der Waals surface area contributed by atoms with Gasteiger partial charge in [-0.1, -0.05) is 0 Å². The van der Waals surface area contributed by atoms with Crippen LogP contribution in [0, 0.1) is 5.92 Å². The number of nitrogens with zero attached hydrogens (tertiary/aromatic N) is 2. The molecule has 1 aromatic heterocycles. The van der Waals surface area contributed by atoms with Crippen LogP contribution in [0.1, 0.15) is 29.8 Å². The monoisotopic (exact) mass is 220 g/mol. The Labute approximate surface area is 92.0 Å². The van der Waals surface area contributed by atoms with Crippen molar-refractivity contribution in [2.45, 2.75) is 24.8 Å². The molecule has 0 N–H and O–H groups in total. The molecular weight excluding hydrogens is 208 g/mol. The maximum atomic E-state index is 11.7. The van der Waals surface area contributed by atoms with Crippen LogP contribution in [0.25, 0.3) is 0 Å². The highest BCUT2D eigenvalue weighted by molar-refractivity contribution is 5.86. The van der Waals surface area contributed by atoms with Crippen molar-refractivity contribution in [3.05, 3.63) is 28.2 Å². The molecule has 84 valence electrons. The van der Waals surface area contributed by atoms with Crippen molar-refractivity contribution >= 4 is 5.97 Å². The minimum atomic E-state index is -0.500. The molecule has 1 aromatic rings. The van der Waals surface area contributed by atoms with E-state index in [0.29, 0.717) is 0 Å². The second-order valence-electron chi connectivity index (χ2n) is 4.66. The van der Waals surface area contributed by atoms with Gasteiger partial charge in [0.05, 0.1) is 12.6 Å². The third kappa shape index (κ3) is 1.08. The first-order valence-corrected chi connectivity index (χ1v) is 5.34. The highest BCUT2D eigenvalue weighted by atomic mass is 16.5. The fourth-order valence-corrected chi connectivity index (χ4v) is 2.66. The van der Waals surface area contributed by atoms with E-state index in [2.05, 4.69) is 9.84 Å². The number of hydrogen-bond donors (Lipinski definition) is 0. The van der Waals surface area contributed by atoms with Crippen molar-refractivity contribution in [3.63, 3.8) is 0 Å². The van der Waals surface area contributed by atoms with Gasteiger partial charge in [-0.15, -0.1) is 0 Å². The molecule has 3 aliphatic carbocycles. The van der Waals surface area contributed by atoms with Gasteiger partial charge in [0.2, 0.25) is 0 Å². The van der Waals surface area contributed by atoms with Crippen LogP contribution >= 0.6 is 0 Å². The molecule has 0 spiro atoms. The molecule has 1 heterocycles. The molecule has 0 atom stereocenters. The highest BCUT2D eigenvalue weighted by Gasteiger charge is 2.59. The van der Waals surface area contributed by atoms with Crippen molar-refractivity contribution < 1.29 is 9.53 Å². The lowest BCUT2D eigenvalue weighted by Crippen LogP contribution is -2.62. The Hall–Kier alpha value is -1.65. The zero-order chi connectivity index (χ0) is 11.3. The van der Waals surface area contributed by atoms with Crippen molar-refractivity contribution in [1.82, 2.24) is 9.78 Å². The molecule has 16 heavy (non-hydrogen) atoms. The van der Waals surface area contributed by atoms with Crippen LogP contribution in [0.2, 0.25) is 0 Å². The topological polar surface area (TPSA) is 61.2 Å². The fraction of sp³-hybridized carbons (Fsp3) is 0.545. The zero-order valence-corrected chi connectivity index (χ0v) is 8.97. The van der Waals surface area contributed by atoms with Crippen LogP contribution in [-0.2, 0) is 10.3 Å². The van der Waals surface area contributed by atoms with Gasteiger partial charge in [-0.05, 0) is 31.2 Å². The molecule has 0 unspecified atom stereocenters. The molecule has 4 rings (SSSR count). The zero-order valence-electron chi connectivity index (χ0n) is 8.97. The summed E-state index contributed by atoms with van der Waals surface area (Å²) in [6, 6.07) is 2.80. The number of esters is 1. The van der Waals surface area contributed by atoms with Gasteiger partial charge in [-0.2, -0.15) is 5.10 Å². The fourth-order valence-electron chi connectivity index (χ4n) is 2.66. The first-order chi connectivity index (χ1) is 7.64.